The van der Waals surface area contributed by atoms with Crippen LogP contribution in [0.3, 0.4) is 0 Å². The Kier molecular flexibility index (Phi) is 10.8. The van der Waals surface area contributed by atoms with Crippen LogP contribution in [0.2, 0.25) is 0 Å². The number of H-pyrrole nitrogens is 1. The van der Waals surface area contributed by atoms with Gasteiger partial charge in [-0.1, -0.05) is 24.3 Å². The SMILES string of the molecule is O=C(NS(=O)(=O)c1cnc(NCC2(F)CCOCC2)c([N+](=O)[O-])c1)c1ccc(N2CCC3(CC2)CC(N2CCC[C@H]2c2ccccc2C2CC2)C3)cc1Oc1cnc2[nH]ccc2c1. The molecule has 17 heteroatoms. The molecule has 5 aromatic rings. The average molecular weight is 879 g/mol. The molecule has 3 aromatic heterocycles. The van der Waals surface area contributed by atoms with Gasteiger partial charge in [0, 0.05) is 80.6 Å². The van der Waals surface area contributed by atoms with Gasteiger partial charge in [-0.15, -0.1) is 0 Å². The van der Waals surface area contributed by atoms with Gasteiger partial charge >= 0.3 is 5.69 Å². The van der Waals surface area contributed by atoms with Gasteiger partial charge in [-0.25, -0.2) is 27.5 Å². The van der Waals surface area contributed by atoms with E-state index < -0.39 is 37.1 Å². The molecule has 0 radical (unpaired) electrons. The van der Waals surface area contributed by atoms with Crippen LogP contribution in [0.25, 0.3) is 11.0 Å². The van der Waals surface area contributed by atoms with Crippen molar-refractivity contribution in [2.45, 2.75) is 92.8 Å². The van der Waals surface area contributed by atoms with Crippen LogP contribution in [0.5, 0.6) is 11.5 Å². The molecule has 15 nitrogen and oxygen atoms in total. The number of carbonyl (C=O) groups is 1. The smallest absolute Gasteiger partial charge is 0.312 e. The predicted molar refractivity (Wildman–Crippen MR) is 235 cm³/mol. The van der Waals surface area contributed by atoms with Crippen LogP contribution < -0.4 is 19.7 Å². The number of nitrogens with one attached hydrogen (secondary N) is 3. The van der Waals surface area contributed by atoms with Crippen molar-refractivity contribution in [3.05, 3.63) is 106 Å². The quantitative estimate of drug-likeness (QED) is 0.0763. The third-order valence-corrected chi connectivity index (χ3v) is 15.3. The zero-order valence-electron chi connectivity index (χ0n) is 34.9. The first kappa shape index (κ1) is 41.4. The summed E-state index contributed by atoms with van der Waals surface area (Å²) in [5.41, 5.74) is 2.48. The average Bonchev–Trinajstić information content (AvgIpc) is 3.82. The van der Waals surface area contributed by atoms with Gasteiger partial charge in [0.1, 0.15) is 27.7 Å². The van der Waals surface area contributed by atoms with E-state index in [1.807, 2.05) is 6.07 Å². The molecule has 3 N–H and O–H groups in total. The zero-order chi connectivity index (χ0) is 43.3. The molecule has 5 fully saturated rings. The molecule has 6 heterocycles. The molecule has 2 aliphatic carbocycles. The minimum absolute atomic E-state index is 0.0688. The molecule has 1 atom stereocenters. The number of aromatic nitrogens is 3. The van der Waals surface area contributed by atoms with Crippen molar-refractivity contribution < 1.29 is 32.0 Å². The number of nitro groups is 1. The van der Waals surface area contributed by atoms with E-state index in [4.69, 9.17) is 9.47 Å². The summed E-state index contributed by atoms with van der Waals surface area (Å²) in [7, 11) is -4.68. The van der Waals surface area contributed by atoms with E-state index in [1.54, 1.807) is 35.5 Å². The van der Waals surface area contributed by atoms with Gasteiger partial charge in [0.15, 0.2) is 0 Å². The van der Waals surface area contributed by atoms with Crippen LogP contribution in [0.1, 0.15) is 97.7 Å². The summed E-state index contributed by atoms with van der Waals surface area (Å²) in [5.74, 6) is -0.107. The molecule has 2 saturated carbocycles. The molecule has 3 saturated heterocycles. The number of pyridine rings is 2. The Morgan fingerprint density at radius 2 is 1.75 bits per heavy atom. The Labute approximate surface area is 365 Å². The van der Waals surface area contributed by atoms with Crippen molar-refractivity contribution in [1.82, 2.24) is 24.6 Å². The lowest BCUT2D eigenvalue weighted by Gasteiger charge is -2.56. The van der Waals surface area contributed by atoms with Crippen LogP contribution in [0, 0.1) is 15.5 Å². The van der Waals surface area contributed by atoms with Gasteiger partial charge in [0.05, 0.1) is 29.4 Å². The summed E-state index contributed by atoms with van der Waals surface area (Å²) in [6.45, 7) is 2.98. The third kappa shape index (κ3) is 8.45. The van der Waals surface area contributed by atoms with Crippen molar-refractivity contribution >= 4 is 44.2 Å². The molecule has 10 rings (SSSR count). The largest absolute Gasteiger partial charge is 0.455 e. The number of nitrogens with zero attached hydrogens (tertiary/aromatic N) is 5. The number of amides is 1. The maximum Gasteiger partial charge on any atom is 0.312 e. The molecule has 2 aromatic carbocycles. The molecular weight excluding hydrogens is 828 g/mol. The fraction of sp³-hybridized carbons (Fsp3) is 0.457. The Morgan fingerprint density at radius 3 is 2.51 bits per heavy atom. The number of ether oxygens (including phenoxy) is 2. The van der Waals surface area contributed by atoms with Crippen molar-refractivity contribution in [3.8, 4) is 11.5 Å². The second-order valence-electron chi connectivity index (χ2n) is 18.1. The lowest BCUT2D eigenvalue weighted by molar-refractivity contribution is -0.384. The number of alkyl halides is 1. The maximum absolute atomic E-state index is 15.2. The van der Waals surface area contributed by atoms with Crippen LogP contribution in [0.4, 0.5) is 21.6 Å². The van der Waals surface area contributed by atoms with Crippen LogP contribution >= 0.6 is 0 Å². The number of aromatic amines is 1. The summed E-state index contributed by atoms with van der Waals surface area (Å²) in [4.78, 5) is 41.0. The van der Waals surface area contributed by atoms with Gasteiger partial charge in [-0.05, 0) is 105 Å². The summed E-state index contributed by atoms with van der Waals surface area (Å²) >= 11 is 0. The number of piperidine rings is 1. The molecule has 1 amide bonds. The lowest BCUT2D eigenvalue weighted by atomic mass is 9.59. The molecule has 330 valence electrons. The number of anilines is 2. The van der Waals surface area contributed by atoms with Crippen molar-refractivity contribution in [3.63, 3.8) is 0 Å². The normalized spacial score (nSPS) is 21.3. The number of halogens is 1. The predicted octanol–water partition coefficient (Wildman–Crippen LogP) is 8.17. The highest BCUT2D eigenvalue weighted by Crippen LogP contribution is 2.55. The fourth-order valence-electron chi connectivity index (χ4n) is 10.3. The van der Waals surface area contributed by atoms with E-state index in [0.29, 0.717) is 28.9 Å². The van der Waals surface area contributed by atoms with Gasteiger partial charge in [-0.2, -0.15) is 0 Å². The minimum Gasteiger partial charge on any atom is -0.455 e. The number of fused-ring (bicyclic) bond motifs is 1. The number of carbonyl (C=O) groups excluding carboxylic acids is 1. The standard InChI is InChI=1S/C46H51FN8O7S/c47-46(14-20-61-21-15-46)29-51-43-40(55(57)58)24-35(28-50-43)63(59,60)52-44(56)38-10-9-32(23-41(38)62-34-22-31-11-16-48-42(31)49-27-34)53-18-12-45(13-19-53)25-33(26-45)54-17-3-6-39(54)37-5-2-1-4-36(37)30-7-8-30/h1-2,4-5,9-11,16,22-24,27-28,30,33,39H,3,6-8,12-15,17-21,25-26,29H2,(H,48,49)(H,50,51)(H,52,56)/t39-/m0/s1. The van der Waals surface area contributed by atoms with Crippen molar-refractivity contribution in [2.75, 3.05) is 49.6 Å². The van der Waals surface area contributed by atoms with Gasteiger partial charge in [-0.3, -0.25) is 19.8 Å². The first-order chi connectivity index (χ1) is 30.4. The monoisotopic (exact) mass is 878 g/mol. The fourth-order valence-corrected chi connectivity index (χ4v) is 11.2. The molecule has 63 heavy (non-hydrogen) atoms. The third-order valence-electron chi connectivity index (χ3n) is 14.0. The molecule has 0 unspecified atom stereocenters. The van der Waals surface area contributed by atoms with E-state index in [0.717, 1.165) is 61.7 Å². The second-order valence-corrected chi connectivity index (χ2v) is 19.7. The van der Waals surface area contributed by atoms with E-state index >= 15 is 4.39 Å². The highest BCUT2D eigenvalue weighted by Gasteiger charge is 2.50. The number of rotatable bonds is 13. The lowest BCUT2D eigenvalue weighted by Crippen LogP contribution is -2.54. The number of likely N-dealkylation sites (tertiary alicyclic amines) is 1. The first-order valence-corrected chi connectivity index (χ1v) is 23.5. The van der Waals surface area contributed by atoms with Gasteiger partial charge in [0.2, 0.25) is 5.82 Å². The van der Waals surface area contributed by atoms with Gasteiger partial charge < -0.3 is 24.7 Å². The summed E-state index contributed by atoms with van der Waals surface area (Å²) in [6.07, 6.45) is 13.9. The number of sulfonamides is 1. The highest BCUT2D eigenvalue weighted by atomic mass is 32.2. The topological polar surface area (TPSA) is 185 Å². The molecule has 3 aliphatic heterocycles. The minimum atomic E-state index is -4.68. The first-order valence-electron chi connectivity index (χ1n) is 22.0. The molecule has 1 spiro atoms. The Balaban J connectivity index is 0.843. The summed E-state index contributed by atoms with van der Waals surface area (Å²) in [6, 6.07) is 19.7. The van der Waals surface area contributed by atoms with E-state index in [2.05, 4.69) is 59.1 Å². The van der Waals surface area contributed by atoms with E-state index in [1.165, 1.54) is 50.8 Å². The van der Waals surface area contributed by atoms with Gasteiger partial charge in [0.25, 0.3) is 15.9 Å². The Morgan fingerprint density at radius 1 is 0.968 bits per heavy atom. The Hall–Kier alpha value is -5.65. The molecule has 0 bridgehead atoms. The van der Waals surface area contributed by atoms with Crippen molar-refractivity contribution in [2.24, 2.45) is 5.41 Å². The Bertz CT molecular complexity index is 2650. The molecule has 5 aliphatic rings. The van der Waals surface area contributed by atoms with Crippen molar-refractivity contribution in [1.29, 1.82) is 0 Å². The second kappa shape index (κ2) is 16.5. The van der Waals surface area contributed by atoms with Crippen LogP contribution in [-0.4, -0.2) is 90.2 Å². The summed E-state index contributed by atoms with van der Waals surface area (Å²) in [5, 5.41) is 15.5. The maximum atomic E-state index is 15.2. The number of benzene rings is 2. The highest BCUT2D eigenvalue weighted by molar-refractivity contribution is 7.90. The van der Waals surface area contributed by atoms with E-state index in [-0.39, 0.29) is 49.7 Å². The zero-order valence-corrected chi connectivity index (χ0v) is 35.7. The number of hydrogen-bond acceptors (Lipinski definition) is 12. The van der Waals surface area contributed by atoms with E-state index in [9.17, 15) is 23.3 Å². The summed E-state index contributed by atoms with van der Waals surface area (Å²) < 4.78 is 56.1. The number of hydrogen-bond donors (Lipinski definition) is 3. The van der Waals surface area contributed by atoms with Crippen LogP contribution in [0.15, 0.2) is 84.1 Å². The van der Waals surface area contributed by atoms with Crippen LogP contribution in [-0.2, 0) is 14.8 Å². The molecular formula is C46H51FN8O7S.